The number of nitrogens with one attached hydrogen (secondary N) is 4. The molecule has 1 aliphatic heterocycles. The van der Waals surface area contributed by atoms with Gasteiger partial charge in [0, 0.05) is 24.2 Å². The van der Waals surface area contributed by atoms with Crippen molar-refractivity contribution in [3.8, 4) is 5.75 Å². The van der Waals surface area contributed by atoms with Crippen molar-refractivity contribution in [3.63, 3.8) is 0 Å². The molecule has 4 N–H and O–H groups in total. The van der Waals surface area contributed by atoms with E-state index < -0.39 is 11.7 Å². The molecule has 4 rings (SSSR count). The zero-order valence-corrected chi connectivity index (χ0v) is 21.8. The van der Waals surface area contributed by atoms with Crippen molar-refractivity contribution in [2.24, 2.45) is 0 Å². The first-order valence-corrected chi connectivity index (χ1v) is 12.9. The van der Waals surface area contributed by atoms with Crippen LogP contribution < -0.4 is 26.0 Å². The molecule has 11 heteroatoms. The summed E-state index contributed by atoms with van der Waals surface area (Å²) in [7, 11) is 5.47. The lowest BCUT2D eigenvalue weighted by molar-refractivity contribution is 0.0912. The van der Waals surface area contributed by atoms with Gasteiger partial charge in [-0.15, -0.1) is 0 Å². The third-order valence-electron chi connectivity index (χ3n) is 7.04. The van der Waals surface area contributed by atoms with E-state index in [9.17, 15) is 4.79 Å². The molecule has 0 radical (unpaired) electrons. The molecular formula is C25H35ClFN7O2. The number of ether oxygens (including phenoxy) is 1. The van der Waals surface area contributed by atoms with Crippen molar-refractivity contribution in [1.29, 1.82) is 0 Å². The number of halogens is 2. The first kappa shape index (κ1) is 26.4. The van der Waals surface area contributed by atoms with Gasteiger partial charge in [-0.25, -0.2) is 9.37 Å². The van der Waals surface area contributed by atoms with E-state index in [1.54, 1.807) is 0 Å². The van der Waals surface area contributed by atoms with Crippen molar-refractivity contribution in [2.75, 3.05) is 44.9 Å². The van der Waals surface area contributed by atoms with E-state index in [0.717, 1.165) is 45.2 Å². The standard InChI is InChI=1S/C25H35ClFN7O2/c1-28-19-6-4-5-7-20(19)31-23-17(26)14-29-25(33-23)32-21-13-18(27)16(12-22(21)36-3)24(35)30-15-8-10-34(2)11-9-15/h12-15,19-20,28H,4-11H2,1-3H3,(H,30,35)(H2,29,31,32,33)/t19-,20-/m1/s1. The Balaban J connectivity index is 1.49. The molecule has 1 amide bonds. The van der Waals surface area contributed by atoms with E-state index in [1.807, 2.05) is 14.1 Å². The summed E-state index contributed by atoms with van der Waals surface area (Å²) in [4.78, 5) is 23.8. The van der Waals surface area contributed by atoms with Crippen LogP contribution in [-0.2, 0) is 0 Å². The van der Waals surface area contributed by atoms with Gasteiger partial charge in [-0.2, -0.15) is 4.98 Å². The number of piperidine rings is 1. The lowest BCUT2D eigenvalue weighted by Crippen LogP contribution is -2.44. The maximum Gasteiger partial charge on any atom is 0.254 e. The maximum atomic E-state index is 15.0. The number of hydrogen-bond donors (Lipinski definition) is 4. The summed E-state index contributed by atoms with van der Waals surface area (Å²) in [5, 5.41) is 13.1. The van der Waals surface area contributed by atoms with E-state index in [4.69, 9.17) is 16.3 Å². The van der Waals surface area contributed by atoms with Crippen molar-refractivity contribution >= 4 is 35.0 Å². The quantitative estimate of drug-likeness (QED) is 0.418. The van der Waals surface area contributed by atoms with Crippen LogP contribution in [0.15, 0.2) is 18.3 Å². The summed E-state index contributed by atoms with van der Waals surface area (Å²) >= 11 is 6.37. The van der Waals surface area contributed by atoms with Gasteiger partial charge in [0.1, 0.15) is 16.6 Å². The van der Waals surface area contributed by atoms with Crippen molar-refractivity contribution in [3.05, 3.63) is 34.7 Å². The second-order valence-electron chi connectivity index (χ2n) is 9.53. The van der Waals surface area contributed by atoms with Gasteiger partial charge in [0.05, 0.1) is 24.6 Å². The zero-order valence-electron chi connectivity index (χ0n) is 21.0. The number of benzene rings is 1. The average Bonchev–Trinajstić information content (AvgIpc) is 2.88. The Bertz CT molecular complexity index is 1060. The fraction of sp³-hybridized carbons (Fsp3) is 0.560. The molecule has 0 bridgehead atoms. The van der Waals surface area contributed by atoms with Gasteiger partial charge in [-0.3, -0.25) is 4.79 Å². The molecule has 0 spiro atoms. The minimum atomic E-state index is -0.657. The fourth-order valence-corrected chi connectivity index (χ4v) is 5.03. The third-order valence-corrected chi connectivity index (χ3v) is 7.31. The first-order chi connectivity index (χ1) is 17.4. The highest BCUT2D eigenvalue weighted by atomic mass is 35.5. The minimum absolute atomic E-state index is 0.0250. The van der Waals surface area contributed by atoms with E-state index in [-0.39, 0.29) is 23.6 Å². The molecule has 36 heavy (non-hydrogen) atoms. The smallest absolute Gasteiger partial charge is 0.254 e. The Labute approximate surface area is 216 Å². The molecule has 0 unspecified atom stereocenters. The van der Waals surface area contributed by atoms with Gasteiger partial charge in [-0.1, -0.05) is 24.4 Å². The van der Waals surface area contributed by atoms with Crippen LogP contribution >= 0.6 is 11.6 Å². The molecule has 196 valence electrons. The fourth-order valence-electron chi connectivity index (χ4n) is 4.88. The molecule has 9 nitrogen and oxygen atoms in total. The summed E-state index contributed by atoms with van der Waals surface area (Å²) < 4.78 is 20.5. The summed E-state index contributed by atoms with van der Waals surface area (Å²) in [5.41, 5.74) is 0.246. The molecule has 2 fully saturated rings. The zero-order chi connectivity index (χ0) is 25.7. The van der Waals surface area contributed by atoms with Crippen LogP contribution in [0, 0.1) is 5.82 Å². The molecule has 2 aromatic rings. The second-order valence-corrected chi connectivity index (χ2v) is 9.94. The number of likely N-dealkylation sites (N-methyl/N-ethyl adjacent to an activating group) is 1. The highest BCUT2D eigenvalue weighted by molar-refractivity contribution is 6.32. The highest BCUT2D eigenvalue weighted by Gasteiger charge is 2.25. The van der Waals surface area contributed by atoms with Crippen molar-refractivity contribution in [1.82, 2.24) is 25.5 Å². The van der Waals surface area contributed by atoms with Gasteiger partial charge in [0.25, 0.3) is 5.91 Å². The number of carbonyl (C=O) groups is 1. The van der Waals surface area contributed by atoms with Crippen LogP contribution in [0.25, 0.3) is 0 Å². The molecule has 2 heterocycles. The van der Waals surface area contributed by atoms with E-state index in [2.05, 4.69) is 36.1 Å². The van der Waals surface area contributed by atoms with Crippen LogP contribution in [0.2, 0.25) is 5.02 Å². The normalized spacial score (nSPS) is 21.1. The van der Waals surface area contributed by atoms with Gasteiger partial charge < -0.3 is 30.9 Å². The van der Waals surface area contributed by atoms with Crippen LogP contribution in [0.5, 0.6) is 5.75 Å². The predicted molar refractivity (Wildman–Crippen MR) is 140 cm³/mol. The number of aromatic nitrogens is 2. The average molecular weight is 520 g/mol. The molecule has 1 aromatic carbocycles. The highest BCUT2D eigenvalue weighted by Crippen LogP contribution is 2.32. The second kappa shape index (κ2) is 12.0. The first-order valence-electron chi connectivity index (χ1n) is 12.5. The number of likely N-dealkylation sites (tertiary alicyclic amines) is 1. The van der Waals surface area contributed by atoms with Crippen molar-refractivity contribution < 1.29 is 13.9 Å². The molecule has 1 aromatic heterocycles. The number of rotatable bonds is 8. The molecular weight excluding hydrogens is 485 g/mol. The lowest BCUT2D eigenvalue weighted by atomic mass is 9.90. The Kier molecular flexibility index (Phi) is 8.81. The lowest BCUT2D eigenvalue weighted by Gasteiger charge is -2.32. The molecule has 2 aliphatic rings. The van der Waals surface area contributed by atoms with Gasteiger partial charge >= 0.3 is 0 Å². The van der Waals surface area contributed by atoms with Crippen LogP contribution in [0.1, 0.15) is 48.9 Å². The summed E-state index contributed by atoms with van der Waals surface area (Å²) in [5.74, 6) is -0.0573. The summed E-state index contributed by atoms with van der Waals surface area (Å²) in [6, 6.07) is 3.17. The number of nitrogens with zero attached hydrogens (tertiary/aromatic N) is 3. The topological polar surface area (TPSA) is 103 Å². The molecule has 1 saturated heterocycles. The molecule has 2 atom stereocenters. The van der Waals surface area contributed by atoms with E-state index in [0.29, 0.717) is 28.3 Å². The van der Waals surface area contributed by atoms with Gasteiger partial charge in [0.15, 0.2) is 5.82 Å². The van der Waals surface area contributed by atoms with E-state index in [1.165, 1.54) is 31.9 Å². The maximum absolute atomic E-state index is 15.0. The Morgan fingerprint density at radius 3 is 2.58 bits per heavy atom. The van der Waals surface area contributed by atoms with Crippen LogP contribution in [0.3, 0.4) is 0 Å². The number of amides is 1. The largest absolute Gasteiger partial charge is 0.495 e. The van der Waals surface area contributed by atoms with E-state index >= 15 is 4.39 Å². The van der Waals surface area contributed by atoms with Gasteiger partial charge in [-0.05, 0) is 58.9 Å². The Morgan fingerprint density at radius 1 is 1.17 bits per heavy atom. The number of methoxy groups -OCH3 is 1. The van der Waals surface area contributed by atoms with Crippen LogP contribution in [0.4, 0.5) is 21.8 Å². The Hall–Kier alpha value is -2.69. The van der Waals surface area contributed by atoms with Gasteiger partial charge in [0.2, 0.25) is 5.95 Å². The van der Waals surface area contributed by atoms with Crippen molar-refractivity contribution in [2.45, 2.75) is 56.7 Å². The van der Waals surface area contributed by atoms with Crippen LogP contribution in [-0.4, -0.2) is 73.2 Å². The number of hydrogen-bond acceptors (Lipinski definition) is 8. The minimum Gasteiger partial charge on any atom is -0.495 e. The summed E-state index contributed by atoms with van der Waals surface area (Å²) in [6.45, 7) is 1.79. The molecule has 1 saturated carbocycles. The SMILES string of the molecule is CN[C@@H]1CCCC[C@H]1Nc1nc(Nc2cc(F)c(C(=O)NC3CCN(C)CC3)cc2OC)ncc1Cl. The monoisotopic (exact) mass is 519 g/mol. The number of anilines is 3. The molecule has 1 aliphatic carbocycles. The third kappa shape index (κ3) is 6.35. The Morgan fingerprint density at radius 2 is 1.89 bits per heavy atom. The number of carbonyl (C=O) groups excluding carboxylic acids is 1. The predicted octanol–water partition coefficient (Wildman–Crippen LogP) is 3.79. The summed E-state index contributed by atoms with van der Waals surface area (Å²) in [6.07, 6.45) is 7.58.